The van der Waals surface area contributed by atoms with Crippen LogP contribution in [0.25, 0.3) is 10.8 Å². The molecule has 0 aliphatic carbocycles. The highest BCUT2D eigenvalue weighted by molar-refractivity contribution is 5.86. The van der Waals surface area contributed by atoms with E-state index in [9.17, 15) is 4.79 Å². The second-order valence-electron chi connectivity index (χ2n) is 4.85. The molecule has 0 saturated carbocycles. The molecule has 0 radical (unpaired) electrons. The number of benzene rings is 2. The van der Waals surface area contributed by atoms with E-state index in [1.807, 2.05) is 12.1 Å². The molecule has 0 aliphatic heterocycles. The average molecular weight is 240 g/mol. The summed E-state index contributed by atoms with van der Waals surface area (Å²) in [6.45, 7) is 2.16. The summed E-state index contributed by atoms with van der Waals surface area (Å²) in [4.78, 5) is 11.8. The Morgan fingerprint density at radius 3 is 2.56 bits per heavy atom. The summed E-state index contributed by atoms with van der Waals surface area (Å²) in [5.41, 5.74) is 1.13. The lowest BCUT2D eigenvalue weighted by atomic mass is 10.0. The average Bonchev–Trinajstić information content (AvgIpc) is 2.39. The highest BCUT2D eigenvalue weighted by Gasteiger charge is 2.04. The smallest absolute Gasteiger partial charge is 0.137 e. The highest BCUT2D eigenvalue weighted by Crippen LogP contribution is 2.16. The van der Waals surface area contributed by atoms with E-state index in [1.54, 1.807) is 0 Å². The van der Waals surface area contributed by atoms with Crippen molar-refractivity contribution in [3.63, 3.8) is 0 Å². The first-order chi connectivity index (χ1) is 8.79. The molecule has 0 saturated heterocycles. The van der Waals surface area contributed by atoms with Gasteiger partial charge in [0.1, 0.15) is 5.78 Å². The van der Waals surface area contributed by atoms with Crippen LogP contribution in [0.3, 0.4) is 0 Å². The zero-order valence-electron chi connectivity index (χ0n) is 11.0. The number of Topliss-reactive ketones (excluding diaryl/α,β-unsaturated/α-hetero) is 1. The van der Waals surface area contributed by atoms with Gasteiger partial charge < -0.3 is 0 Å². The zero-order valence-corrected chi connectivity index (χ0v) is 11.0. The number of fused-ring (bicyclic) bond motifs is 1. The largest absolute Gasteiger partial charge is 0.299 e. The molecule has 1 nitrogen and oxygen atoms in total. The third-order valence-corrected chi connectivity index (χ3v) is 3.27. The standard InChI is InChI=1S/C17H20O/c1-2-3-4-9-17(18)13-14-10-11-15-7-5-6-8-16(15)12-14/h5-8,10-12H,2-4,9,13H2,1H3. The van der Waals surface area contributed by atoms with Crippen molar-refractivity contribution in [1.29, 1.82) is 0 Å². The summed E-state index contributed by atoms with van der Waals surface area (Å²) >= 11 is 0. The molecule has 0 N–H and O–H groups in total. The van der Waals surface area contributed by atoms with Gasteiger partial charge in [-0.25, -0.2) is 0 Å². The van der Waals surface area contributed by atoms with E-state index in [-0.39, 0.29) is 0 Å². The summed E-state index contributed by atoms with van der Waals surface area (Å²) in [5.74, 6) is 0.360. The van der Waals surface area contributed by atoms with Crippen molar-refractivity contribution in [2.75, 3.05) is 0 Å². The van der Waals surface area contributed by atoms with Gasteiger partial charge in [0.2, 0.25) is 0 Å². The topological polar surface area (TPSA) is 17.1 Å². The van der Waals surface area contributed by atoms with Gasteiger partial charge in [0.25, 0.3) is 0 Å². The van der Waals surface area contributed by atoms with Crippen molar-refractivity contribution < 1.29 is 4.79 Å². The monoisotopic (exact) mass is 240 g/mol. The van der Waals surface area contributed by atoms with Gasteiger partial charge in [-0.05, 0) is 22.8 Å². The molecule has 0 unspecified atom stereocenters. The molecule has 0 bridgehead atoms. The molecular weight excluding hydrogens is 220 g/mol. The van der Waals surface area contributed by atoms with Crippen LogP contribution in [-0.4, -0.2) is 5.78 Å². The zero-order chi connectivity index (χ0) is 12.8. The Bertz CT molecular complexity index is 528. The van der Waals surface area contributed by atoms with Crippen molar-refractivity contribution in [2.45, 2.75) is 39.0 Å². The molecule has 94 valence electrons. The number of rotatable bonds is 6. The van der Waals surface area contributed by atoms with Gasteiger partial charge in [-0.1, -0.05) is 62.2 Å². The van der Waals surface area contributed by atoms with E-state index in [4.69, 9.17) is 0 Å². The van der Waals surface area contributed by atoms with Crippen LogP contribution in [-0.2, 0) is 11.2 Å². The second-order valence-corrected chi connectivity index (χ2v) is 4.85. The lowest BCUT2D eigenvalue weighted by Gasteiger charge is -2.03. The molecule has 0 amide bonds. The van der Waals surface area contributed by atoms with Crippen LogP contribution >= 0.6 is 0 Å². The summed E-state index contributed by atoms with van der Waals surface area (Å²) in [7, 11) is 0. The van der Waals surface area contributed by atoms with Gasteiger partial charge in [0.15, 0.2) is 0 Å². The third-order valence-electron chi connectivity index (χ3n) is 3.27. The maximum atomic E-state index is 11.8. The van der Waals surface area contributed by atoms with E-state index < -0.39 is 0 Å². The van der Waals surface area contributed by atoms with Gasteiger partial charge in [0, 0.05) is 12.8 Å². The molecule has 0 fully saturated rings. The first-order valence-electron chi connectivity index (χ1n) is 6.79. The summed E-state index contributed by atoms with van der Waals surface area (Å²) in [6, 6.07) is 14.6. The van der Waals surface area contributed by atoms with Gasteiger partial charge in [0.05, 0.1) is 0 Å². The molecule has 18 heavy (non-hydrogen) atoms. The molecule has 0 atom stereocenters. The number of carbonyl (C=O) groups excluding carboxylic acids is 1. The molecule has 0 heterocycles. The molecule has 2 rings (SSSR count). The normalized spacial score (nSPS) is 10.7. The fourth-order valence-corrected chi connectivity index (χ4v) is 2.24. The predicted molar refractivity (Wildman–Crippen MR) is 76.8 cm³/mol. The molecule has 0 aliphatic rings. The van der Waals surface area contributed by atoms with Crippen LogP contribution in [0.5, 0.6) is 0 Å². The molecule has 0 spiro atoms. The molecule has 1 heteroatoms. The summed E-state index contributed by atoms with van der Waals surface area (Å²) in [6.07, 6.45) is 4.66. The fraction of sp³-hybridized carbons (Fsp3) is 0.353. The van der Waals surface area contributed by atoms with Gasteiger partial charge in [-0.2, -0.15) is 0 Å². The Labute approximate surface area is 109 Å². The Hall–Kier alpha value is -1.63. The van der Waals surface area contributed by atoms with Crippen LogP contribution in [0.15, 0.2) is 42.5 Å². The van der Waals surface area contributed by atoms with E-state index in [2.05, 4.69) is 37.3 Å². The Kier molecular flexibility index (Phi) is 4.52. The molecule has 2 aromatic carbocycles. The van der Waals surface area contributed by atoms with Crippen LogP contribution < -0.4 is 0 Å². The van der Waals surface area contributed by atoms with Crippen LogP contribution in [0, 0.1) is 0 Å². The molecule has 2 aromatic rings. The number of carbonyl (C=O) groups is 1. The lowest BCUT2D eigenvalue weighted by molar-refractivity contribution is -0.118. The maximum Gasteiger partial charge on any atom is 0.137 e. The number of ketones is 1. The van der Waals surface area contributed by atoms with Crippen molar-refractivity contribution in [1.82, 2.24) is 0 Å². The second kappa shape index (κ2) is 6.34. The minimum absolute atomic E-state index is 0.360. The SMILES string of the molecule is CCCCCC(=O)Cc1ccc2ccccc2c1. The Balaban J connectivity index is 2.01. The quantitative estimate of drug-likeness (QED) is 0.678. The van der Waals surface area contributed by atoms with Crippen LogP contribution in [0.1, 0.15) is 38.2 Å². The predicted octanol–water partition coefficient (Wildman–Crippen LogP) is 4.53. The lowest BCUT2D eigenvalue weighted by Crippen LogP contribution is -2.02. The molecular formula is C17H20O. The van der Waals surface area contributed by atoms with Gasteiger partial charge in [-0.15, -0.1) is 0 Å². The Morgan fingerprint density at radius 2 is 1.78 bits per heavy atom. The van der Waals surface area contributed by atoms with Gasteiger partial charge in [-0.3, -0.25) is 4.79 Å². The van der Waals surface area contributed by atoms with Gasteiger partial charge >= 0.3 is 0 Å². The molecule has 0 aromatic heterocycles. The maximum absolute atomic E-state index is 11.8. The summed E-state index contributed by atoms with van der Waals surface area (Å²) in [5, 5.41) is 2.45. The van der Waals surface area contributed by atoms with Crippen molar-refractivity contribution in [3.05, 3.63) is 48.0 Å². The fourth-order valence-electron chi connectivity index (χ4n) is 2.24. The first kappa shape index (κ1) is 12.8. The minimum Gasteiger partial charge on any atom is -0.299 e. The van der Waals surface area contributed by atoms with Crippen LogP contribution in [0.4, 0.5) is 0 Å². The van der Waals surface area contributed by atoms with E-state index in [0.29, 0.717) is 12.2 Å². The number of unbranched alkanes of at least 4 members (excludes halogenated alkanes) is 2. The number of hydrogen-bond donors (Lipinski definition) is 0. The van der Waals surface area contributed by atoms with E-state index in [1.165, 1.54) is 17.2 Å². The number of hydrogen-bond acceptors (Lipinski definition) is 1. The van der Waals surface area contributed by atoms with E-state index >= 15 is 0 Å². The van der Waals surface area contributed by atoms with Crippen molar-refractivity contribution in [3.8, 4) is 0 Å². The minimum atomic E-state index is 0.360. The van der Waals surface area contributed by atoms with Crippen LogP contribution in [0.2, 0.25) is 0 Å². The van der Waals surface area contributed by atoms with E-state index in [0.717, 1.165) is 24.8 Å². The first-order valence-corrected chi connectivity index (χ1v) is 6.79. The highest BCUT2D eigenvalue weighted by atomic mass is 16.1. The van der Waals surface area contributed by atoms with Crippen molar-refractivity contribution in [2.24, 2.45) is 0 Å². The van der Waals surface area contributed by atoms with Crippen molar-refractivity contribution >= 4 is 16.6 Å². The summed E-state index contributed by atoms with van der Waals surface area (Å²) < 4.78 is 0. The Morgan fingerprint density at radius 1 is 1.00 bits per heavy atom. The third kappa shape index (κ3) is 3.43.